The third-order valence-corrected chi connectivity index (χ3v) is 12.1. The molecular formula is C58H102ClO10P. The van der Waals surface area contributed by atoms with Crippen LogP contribution in [-0.2, 0) is 47.2 Å². The zero-order valence-electron chi connectivity index (χ0n) is 46.5. The maximum atomic E-state index is 11.4. The first kappa shape index (κ1) is 71.1. The molecule has 1 aliphatic carbocycles. The molecule has 0 aliphatic heterocycles. The van der Waals surface area contributed by atoms with E-state index in [0.717, 1.165) is 50.5 Å². The number of carbonyl (C=O) groups is 4. The van der Waals surface area contributed by atoms with Gasteiger partial charge in [-0.1, -0.05) is 157 Å². The summed E-state index contributed by atoms with van der Waals surface area (Å²) in [6.45, 7) is 25.6. The fraction of sp³-hybridized carbons (Fsp3) is 0.724. The van der Waals surface area contributed by atoms with Crippen LogP contribution in [-0.4, -0.2) is 69.7 Å². The minimum absolute atomic E-state index is 0.0415. The van der Waals surface area contributed by atoms with Crippen molar-refractivity contribution in [2.45, 2.75) is 223 Å². The molecule has 406 valence electrons. The van der Waals surface area contributed by atoms with E-state index in [-0.39, 0.29) is 35.4 Å². The largest absolute Gasteiger partial charge is 0.466 e. The van der Waals surface area contributed by atoms with Crippen LogP contribution in [0, 0.1) is 5.41 Å². The minimum atomic E-state index is -2.17. The summed E-state index contributed by atoms with van der Waals surface area (Å²) in [6.07, 6.45) is 43.3. The molecule has 0 unspecified atom stereocenters. The second kappa shape index (κ2) is 49.4. The molecule has 12 heteroatoms. The Morgan fingerprint density at radius 2 is 1.07 bits per heavy atom. The number of esters is 4. The van der Waals surface area contributed by atoms with E-state index < -0.39 is 7.37 Å². The van der Waals surface area contributed by atoms with Crippen LogP contribution in [0.3, 0.4) is 0 Å². The number of allylic oxidation sites excluding steroid dienone is 11. The maximum absolute atomic E-state index is 11.4. The first-order valence-electron chi connectivity index (χ1n) is 26.8. The average molecular weight is 1030 g/mol. The van der Waals surface area contributed by atoms with Gasteiger partial charge in [0, 0.05) is 38.7 Å². The van der Waals surface area contributed by atoms with Gasteiger partial charge in [-0.2, -0.15) is 0 Å². The van der Waals surface area contributed by atoms with Gasteiger partial charge in [-0.15, -0.1) is 0 Å². The Balaban J connectivity index is -0.000000909. The highest BCUT2D eigenvalue weighted by molar-refractivity contribution is 7.57. The Morgan fingerprint density at radius 3 is 1.49 bits per heavy atom. The fourth-order valence-corrected chi connectivity index (χ4v) is 8.11. The lowest BCUT2D eigenvalue weighted by molar-refractivity contribution is -0.144. The summed E-state index contributed by atoms with van der Waals surface area (Å²) in [5, 5.41) is 0. The van der Waals surface area contributed by atoms with Gasteiger partial charge in [0.2, 0.25) is 0 Å². The molecule has 0 aromatic rings. The molecule has 0 radical (unpaired) electrons. The molecule has 0 bridgehead atoms. The van der Waals surface area contributed by atoms with Crippen molar-refractivity contribution in [2.75, 3.05) is 45.8 Å². The molecule has 0 atom stereocenters. The Bertz CT molecular complexity index is 1560. The number of hydrogen-bond donors (Lipinski definition) is 0. The van der Waals surface area contributed by atoms with E-state index in [0.29, 0.717) is 45.7 Å². The zero-order chi connectivity index (χ0) is 53.3. The Labute approximate surface area is 433 Å². The molecule has 0 heterocycles. The lowest BCUT2D eigenvalue weighted by atomic mass is 9.72. The summed E-state index contributed by atoms with van der Waals surface area (Å²) >= 11 is 5.25. The van der Waals surface area contributed by atoms with Gasteiger partial charge in [0.1, 0.15) is 0 Å². The standard InChI is InChI=1S/C22H32O2.C20H38O2.C12H21ClO4.C4H11O2P/c1-7-24-21(23)16-18(3)11-8-10-17(2)13-14-20-19(4)12-9-15-22(20,5)6;1-3-5-6-7-8-9-10-11-12-13-14-15-16-17-18-19-20(21)22-4-2;1-2-16-11(14)8-6-4-3-5-7-9-12(15)17-10-13;1-4-6-7(2,3)5/h8,10-11,13-14,16H,7,9,12,15H2,1-6H3;11-12H,3-10,13-19H2,1-2H3;2-10H2,1H3;4H2,1-3H3/b11-8+,14-13+,17-10+,18-16+;12-11+;;. The Morgan fingerprint density at radius 1 is 0.614 bits per heavy atom. The number of unbranched alkanes of at least 4 members (excludes halogenated alkanes) is 15. The highest BCUT2D eigenvalue weighted by Crippen LogP contribution is 2.41. The number of ether oxygens (including phenoxy) is 4. The van der Waals surface area contributed by atoms with Crippen LogP contribution in [0.4, 0.5) is 0 Å². The monoisotopic (exact) mass is 1020 g/mol. The first-order chi connectivity index (χ1) is 33.3. The van der Waals surface area contributed by atoms with Crippen LogP contribution in [0.2, 0.25) is 0 Å². The molecule has 0 saturated heterocycles. The van der Waals surface area contributed by atoms with Crippen molar-refractivity contribution in [3.63, 3.8) is 0 Å². The summed E-state index contributed by atoms with van der Waals surface area (Å²) in [7, 11) is -2.17. The molecule has 0 saturated carbocycles. The topological polar surface area (TPSA) is 132 Å². The van der Waals surface area contributed by atoms with Crippen LogP contribution in [0.25, 0.3) is 0 Å². The van der Waals surface area contributed by atoms with E-state index in [4.69, 9.17) is 30.3 Å². The molecule has 0 aromatic heterocycles. The van der Waals surface area contributed by atoms with Crippen LogP contribution < -0.4 is 0 Å². The average Bonchev–Trinajstić information content (AvgIpc) is 3.27. The normalized spacial score (nSPS) is 13.8. The van der Waals surface area contributed by atoms with Gasteiger partial charge in [0.15, 0.2) is 13.4 Å². The summed E-state index contributed by atoms with van der Waals surface area (Å²) in [4.78, 5) is 44.4. The van der Waals surface area contributed by atoms with Gasteiger partial charge in [0.25, 0.3) is 0 Å². The lowest BCUT2D eigenvalue weighted by Crippen LogP contribution is -2.19. The number of hydrogen-bond acceptors (Lipinski definition) is 10. The van der Waals surface area contributed by atoms with Crippen LogP contribution in [0.15, 0.2) is 70.9 Å². The molecule has 1 aliphatic rings. The molecule has 0 amide bonds. The first-order valence-corrected chi connectivity index (χ1v) is 29.8. The second-order valence-electron chi connectivity index (χ2n) is 18.7. The van der Waals surface area contributed by atoms with Gasteiger partial charge in [-0.3, -0.25) is 18.9 Å². The number of alkyl halides is 1. The number of carbonyl (C=O) groups excluding carboxylic acids is 4. The number of rotatable bonds is 34. The van der Waals surface area contributed by atoms with E-state index in [2.05, 4.69) is 69.7 Å². The highest BCUT2D eigenvalue weighted by Gasteiger charge is 2.26. The van der Waals surface area contributed by atoms with E-state index in [1.807, 2.05) is 32.9 Å². The summed E-state index contributed by atoms with van der Waals surface area (Å²) in [6, 6.07) is -0.0711. The van der Waals surface area contributed by atoms with E-state index in [1.54, 1.807) is 27.2 Å². The van der Waals surface area contributed by atoms with Crippen molar-refractivity contribution in [3.8, 4) is 0 Å². The SMILES string of the molecule is CCCCCCCC/C=C/CCCCCCCC(=O)OCC.CCOC(=O)/C=C(C)/C=C/C=C(C)/C=C/C1=C(C)CCCC1(C)C.CCOC(=O)CCCCCCCC(=O)OCCl.CCOP(C)(C)=O. The second-order valence-corrected chi connectivity index (χ2v) is 21.7. The van der Waals surface area contributed by atoms with Crippen molar-refractivity contribution in [1.82, 2.24) is 0 Å². The van der Waals surface area contributed by atoms with E-state index >= 15 is 0 Å². The Kier molecular flexibility index (Phi) is 50.1. The van der Waals surface area contributed by atoms with Gasteiger partial charge in [0.05, 0.1) is 26.4 Å². The summed E-state index contributed by atoms with van der Waals surface area (Å²) in [5.74, 6) is -0.702. The van der Waals surface area contributed by atoms with Crippen LogP contribution in [0.5, 0.6) is 0 Å². The maximum Gasteiger partial charge on any atom is 0.330 e. The molecule has 10 nitrogen and oxygen atoms in total. The van der Waals surface area contributed by atoms with Gasteiger partial charge in [-0.05, 0) is 129 Å². The lowest BCUT2D eigenvalue weighted by Gasteiger charge is -2.32. The van der Waals surface area contributed by atoms with Crippen LogP contribution in [0.1, 0.15) is 223 Å². The fourth-order valence-electron chi connectivity index (χ4n) is 7.37. The van der Waals surface area contributed by atoms with Crippen molar-refractivity contribution in [1.29, 1.82) is 0 Å². The van der Waals surface area contributed by atoms with Gasteiger partial charge < -0.3 is 23.5 Å². The van der Waals surface area contributed by atoms with Crippen molar-refractivity contribution < 1.29 is 47.2 Å². The van der Waals surface area contributed by atoms with Crippen LogP contribution >= 0.6 is 19.0 Å². The zero-order valence-corrected chi connectivity index (χ0v) is 48.2. The molecule has 70 heavy (non-hydrogen) atoms. The van der Waals surface area contributed by atoms with Crippen molar-refractivity contribution in [3.05, 3.63) is 70.9 Å². The van der Waals surface area contributed by atoms with Gasteiger partial charge in [-0.25, -0.2) is 4.79 Å². The molecular weight excluding hydrogens is 923 g/mol. The predicted molar refractivity (Wildman–Crippen MR) is 296 cm³/mol. The third kappa shape index (κ3) is 51.2. The smallest absolute Gasteiger partial charge is 0.330 e. The predicted octanol–water partition coefficient (Wildman–Crippen LogP) is 17.2. The summed E-state index contributed by atoms with van der Waals surface area (Å²) in [5.41, 5.74) is 5.33. The van der Waals surface area contributed by atoms with E-state index in [1.165, 1.54) is 113 Å². The molecule has 1 rings (SSSR count). The molecule has 0 spiro atoms. The van der Waals surface area contributed by atoms with E-state index in [9.17, 15) is 23.7 Å². The van der Waals surface area contributed by atoms with Gasteiger partial charge >= 0.3 is 23.9 Å². The highest BCUT2D eigenvalue weighted by atomic mass is 35.5. The quantitative estimate of drug-likeness (QED) is 0.00897. The third-order valence-electron chi connectivity index (χ3n) is 11.1. The van der Waals surface area contributed by atoms with Crippen molar-refractivity contribution in [2.24, 2.45) is 5.41 Å². The minimum Gasteiger partial charge on any atom is -0.466 e. The molecule has 0 N–H and O–H groups in total. The van der Waals surface area contributed by atoms with Crippen molar-refractivity contribution >= 4 is 42.8 Å². The number of halogens is 1. The molecule has 0 fully saturated rings. The Hall–Kier alpha value is -3.20. The summed E-state index contributed by atoms with van der Waals surface area (Å²) < 4.78 is 34.6. The molecule has 0 aromatic carbocycles.